The molecule has 4 N–H and O–H groups in total. The van der Waals surface area contributed by atoms with Crippen LogP contribution in [0.25, 0.3) is 0 Å². The third kappa shape index (κ3) is 4.74. The van der Waals surface area contributed by atoms with Gasteiger partial charge in [0.15, 0.2) is 0 Å². The molecule has 116 valence electrons. The Kier molecular flexibility index (Phi) is 5.62. The molecule has 4 nitrogen and oxygen atoms in total. The molecular formula is C17H26N2O2. The second-order valence-electron chi connectivity index (χ2n) is 6.17. The topological polar surface area (TPSA) is 75.4 Å². The van der Waals surface area contributed by atoms with Crippen LogP contribution in [0.2, 0.25) is 0 Å². The molecule has 0 saturated heterocycles. The fourth-order valence-corrected chi connectivity index (χ4v) is 3.06. The van der Waals surface area contributed by atoms with Crippen LogP contribution in [-0.4, -0.2) is 23.1 Å². The molecule has 1 aromatic carbocycles. The summed E-state index contributed by atoms with van der Waals surface area (Å²) < 4.78 is 0. The summed E-state index contributed by atoms with van der Waals surface area (Å²) in [7, 11) is 0. The highest BCUT2D eigenvalue weighted by atomic mass is 16.3. The van der Waals surface area contributed by atoms with E-state index >= 15 is 0 Å². The van der Waals surface area contributed by atoms with Gasteiger partial charge in [0.1, 0.15) is 5.75 Å². The molecule has 0 spiro atoms. The molecule has 0 aliphatic heterocycles. The Bertz CT molecular complexity index is 452. The van der Waals surface area contributed by atoms with E-state index in [1.165, 1.54) is 32.1 Å². The summed E-state index contributed by atoms with van der Waals surface area (Å²) in [6.07, 6.45) is 6.75. The van der Waals surface area contributed by atoms with Crippen LogP contribution in [0.15, 0.2) is 24.3 Å². The van der Waals surface area contributed by atoms with Gasteiger partial charge in [-0.15, -0.1) is 0 Å². The summed E-state index contributed by atoms with van der Waals surface area (Å²) in [4.78, 5) is 12.2. The predicted molar refractivity (Wildman–Crippen MR) is 84.0 cm³/mol. The first-order valence-corrected chi connectivity index (χ1v) is 7.90. The number of rotatable bonds is 5. The van der Waals surface area contributed by atoms with E-state index in [2.05, 4.69) is 12.2 Å². The number of phenols is 1. The van der Waals surface area contributed by atoms with Crippen molar-refractivity contribution in [1.29, 1.82) is 0 Å². The third-order valence-corrected chi connectivity index (χ3v) is 4.46. The van der Waals surface area contributed by atoms with Gasteiger partial charge in [0.2, 0.25) is 5.91 Å². The minimum atomic E-state index is -0.541. The molecular weight excluding hydrogens is 264 g/mol. The summed E-state index contributed by atoms with van der Waals surface area (Å²) in [6.45, 7) is 2.08. The molecule has 2 atom stereocenters. The van der Waals surface area contributed by atoms with Crippen LogP contribution < -0.4 is 11.1 Å². The number of carbonyl (C=O) groups excluding carboxylic acids is 1. The van der Waals surface area contributed by atoms with Gasteiger partial charge in [0.05, 0.1) is 6.04 Å². The van der Waals surface area contributed by atoms with E-state index in [-0.39, 0.29) is 17.7 Å². The van der Waals surface area contributed by atoms with E-state index < -0.39 is 6.04 Å². The van der Waals surface area contributed by atoms with Crippen molar-refractivity contribution in [3.8, 4) is 5.75 Å². The van der Waals surface area contributed by atoms with Crippen molar-refractivity contribution in [3.05, 3.63) is 29.8 Å². The number of aromatic hydroxyl groups is 1. The lowest BCUT2D eigenvalue weighted by Crippen LogP contribution is -2.48. The van der Waals surface area contributed by atoms with Gasteiger partial charge in [-0.05, 0) is 49.8 Å². The number of carbonyl (C=O) groups is 1. The zero-order chi connectivity index (χ0) is 15.2. The van der Waals surface area contributed by atoms with Gasteiger partial charge in [-0.3, -0.25) is 4.79 Å². The highest BCUT2D eigenvalue weighted by molar-refractivity contribution is 5.82. The van der Waals surface area contributed by atoms with E-state index in [1.807, 2.05) is 0 Å². The molecule has 1 fully saturated rings. The number of benzene rings is 1. The molecule has 1 aliphatic rings. The Morgan fingerprint density at radius 3 is 2.52 bits per heavy atom. The first-order valence-electron chi connectivity index (χ1n) is 7.90. The maximum Gasteiger partial charge on any atom is 0.237 e. The molecule has 1 unspecified atom stereocenters. The molecule has 21 heavy (non-hydrogen) atoms. The Labute approximate surface area is 126 Å². The molecule has 0 aromatic heterocycles. The third-order valence-electron chi connectivity index (χ3n) is 4.46. The van der Waals surface area contributed by atoms with Crippen LogP contribution in [0, 0.1) is 5.92 Å². The second kappa shape index (κ2) is 7.46. The van der Waals surface area contributed by atoms with E-state index in [4.69, 9.17) is 5.73 Å². The summed E-state index contributed by atoms with van der Waals surface area (Å²) >= 11 is 0. The van der Waals surface area contributed by atoms with Crippen molar-refractivity contribution in [3.63, 3.8) is 0 Å². The minimum absolute atomic E-state index is 0.0823. The number of amides is 1. The summed E-state index contributed by atoms with van der Waals surface area (Å²) in [6, 6.07) is 6.49. The van der Waals surface area contributed by atoms with Crippen molar-refractivity contribution in [1.82, 2.24) is 5.32 Å². The Morgan fingerprint density at radius 1 is 1.29 bits per heavy atom. The lowest BCUT2D eigenvalue weighted by atomic mass is 9.84. The molecule has 4 heteroatoms. The first-order chi connectivity index (χ1) is 10.1. The molecule has 0 heterocycles. The zero-order valence-corrected chi connectivity index (χ0v) is 12.7. The van der Waals surface area contributed by atoms with Crippen molar-refractivity contribution in [2.45, 2.75) is 57.5 Å². The van der Waals surface area contributed by atoms with Crippen molar-refractivity contribution >= 4 is 5.91 Å². The summed E-state index contributed by atoms with van der Waals surface area (Å²) in [5.41, 5.74) is 6.95. The quantitative estimate of drug-likeness (QED) is 0.779. The lowest BCUT2D eigenvalue weighted by Gasteiger charge is -2.29. The predicted octanol–water partition coefficient (Wildman–Crippen LogP) is 2.35. The number of phenolic OH excluding ortho intramolecular Hbond substituents is 1. The average molecular weight is 290 g/mol. The van der Waals surface area contributed by atoms with E-state index in [9.17, 15) is 9.90 Å². The normalized spacial score (nSPS) is 19.0. The summed E-state index contributed by atoms with van der Waals surface area (Å²) in [5, 5.41) is 12.3. The molecule has 1 aromatic rings. The number of nitrogens with one attached hydrogen (secondary N) is 1. The Hall–Kier alpha value is -1.55. The van der Waals surface area contributed by atoms with E-state index in [0.29, 0.717) is 12.3 Å². The van der Waals surface area contributed by atoms with Gasteiger partial charge >= 0.3 is 0 Å². The highest BCUT2D eigenvalue weighted by Gasteiger charge is 2.23. The van der Waals surface area contributed by atoms with Crippen LogP contribution in [0.4, 0.5) is 0 Å². The largest absolute Gasteiger partial charge is 0.508 e. The molecule has 1 aliphatic carbocycles. The zero-order valence-electron chi connectivity index (χ0n) is 12.7. The Balaban J connectivity index is 1.82. The van der Waals surface area contributed by atoms with Crippen LogP contribution in [0.3, 0.4) is 0 Å². The maximum atomic E-state index is 12.2. The highest BCUT2D eigenvalue weighted by Crippen LogP contribution is 2.26. The summed E-state index contributed by atoms with van der Waals surface area (Å²) in [5.74, 6) is 0.729. The van der Waals surface area contributed by atoms with Crippen molar-refractivity contribution < 1.29 is 9.90 Å². The number of hydrogen-bond donors (Lipinski definition) is 3. The molecule has 1 saturated carbocycles. The number of hydrogen-bond acceptors (Lipinski definition) is 3. The lowest BCUT2D eigenvalue weighted by molar-refractivity contribution is -0.123. The minimum Gasteiger partial charge on any atom is -0.508 e. The smallest absolute Gasteiger partial charge is 0.237 e. The molecule has 0 radical (unpaired) electrons. The fourth-order valence-electron chi connectivity index (χ4n) is 3.06. The standard InChI is InChI=1S/C17H26N2O2/c1-12(14-5-3-2-4-6-14)19-17(21)16(18)11-13-7-9-15(20)10-8-13/h7-10,12,14,16,20H,2-6,11,18H2,1H3,(H,19,21)/t12-,16?/m0/s1. The SMILES string of the molecule is C[C@H](NC(=O)C(N)Cc1ccc(O)cc1)C1CCCCC1. The van der Waals surface area contributed by atoms with Crippen molar-refractivity contribution in [2.75, 3.05) is 0 Å². The fraction of sp³-hybridized carbons (Fsp3) is 0.588. The second-order valence-corrected chi connectivity index (χ2v) is 6.17. The van der Waals surface area contributed by atoms with Crippen molar-refractivity contribution in [2.24, 2.45) is 11.7 Å². The van der Waals surface area contributed by atoms with Gasteiger partial charge in [-0.25, -0.2) is 0 Å². The van der Waals surface area contributed by atoms with Gasteiger partial charge in [-0.1, -0.05) is 31.4 Å². The molecule has 2 rings (SSSR count). The van der Waals surface area contributed by atoms with Crippen LogP contribution in [-0.2, 0) is 11.2 Å². The van der Waals surface area contributed by atoms with E-state index in [0.717, 1.165) is 5.56 Å². The average Bonchev–Trinajstić information content (AvgIpc) is 2.50. The van der Waals surface area contributed by atoms with Gasteiger partial charge in [-0.2, -0.15) is 0 Å². The maximum absolute atomic E-state index is 12.2. The molecule has 1 amide bonds. The first kappa shape index (κ1) is 15.8. The Morgan fingerprint density at radius 2 is 1.90 bits per heavy atom. The van der Waals surface area contributed by atoms with Crippen LogP contribution in [0.1, 0.15) is 44.6 Å². The molecule has 0 bridgehead atoms. The van der Waals surface area contributed by atoms with Crippen LogP contribution >= 0.6 is 0 Å². The van der Waals surface area contributed by atoms with E-state index in [1.54, 1.807) is 24.3 Å². The monoisotopic (exact) mass is 290 g/mol. The van der Waals surface area contributed by atoms with Gasteiger partial charge in [0, 0.05) is 6.04 Å². The van der Waals surface area contributed by atoms with Gasteiger partial charge < -0.3 is 16.2 Å². The van der Waals surface area contributed by atoms with Gasteiger partial charge in [0.25, 0.3) is 0 Å². The van der Waals surface area contributed by atoms with Crippen LogP contribution in [0.5, 0.6) is 5.75 Å². The number of nitrogens with two attached hydrogens (primary N) is 1.